The molecule has 1 fully saturated rings. The average Bonchev–Trinajstić information content (AvgIpc) is 2.64. The Hall–Kier alpha value is -1.26. The SMILES string of the molecule is CC(C(N)=NO)N(C)C(=O)CC1CCCCCC1. The molecule has 0 radical (unpaired) electrons. The van der Waals surface area contributed by atoms with Gasteiger partial charge in [-0.2, -0.15) is 0 Å². The molecular weight excluding hydrogens is 230 g/mol. The normalized spacial score (nSPS) is 20.2. The summed E-state index contributed by atoms with van der Waals surface area (Å²) in [5.74, 6) is 0.662. The van der Waals surface area contributed by atoms with Crippen LogP contribution in [0.3, 0.4) is 0 Å². The first-order valence-electron chi connectivity index (χ1n) is 6.79. The van der Waals surface area contributed by atoms with Crippen LogP contribution in [0.15, 0.2) is 5.16 Å². The second-order valence-electron chi connectivity index (χ2n) is 5.27. The number of hydrogen-bond donors (Lipinski definition) is 2. The fourth-order valence-electron chi connectivity index (χ4n) is 2.46. The van der Waals surface area contributed by atoms with Crippen molar-refractivity contribution in [2.75, 3.05) is 7.05 Å². The van der Waals surface area contributed by atoms with E-state index in [0.29, 0.717) is 12.3 Å². The van der Waals surface area contributed by atoms with Gasteiger partial charge in [-0.25, -0.2) is 0 Å². The van der Waals surface area contributed by atoms with Crippen molar-refractivity contribution in [3.63, 3.8) is 0 Å². The van der Waals surface area contributed by atoms with Gasteiger partial charge in [-0.1, -0.05) is 30.8 Å². The molecule has 0 bridgehead atoms. The van der Waals surface area contributed by atoms with E-state index < -0.39 is 0 Å². The van der Waals surface area contributed by atoms with Crippen LogP contribution in [0.4, 0.5) is 0 Å². The van der Waals surface area contributed by atoms with Gasteiger partial charge in [0.1, 0.15) is 0 Å². The van der Waals surface area contributed by atoms with Gasteiger partial charge < -0.3 is 15.8 Å². The second kappa shape index (κ2) is 7.24. The number of nitrogens with zero attached hydrogens (tertiary/aromatic N) is 2. The number of hydrogen-bond acceptors (Lipinski definition) is 3. The molecule has 1 saturated carbocycles. The van der Waals surface area contributed by atoms with Crippen molar-refractivity contribution >= 4 is 11.7 Å². The van der Waals surface area contributed by atoms with Crippen LogP contribution in [-0.2, 0) is 4.79 Å². The first-order valence-corrected chi connectivity index (χ1v) is 6.79. The largest absolute Gasteiger partial charge is 0.409 e. The van der Waals surface area contributed by atoms with Crippen molar-refractivity contribution in [1.82, 2.24) is 4.90 Å². The number of amidine groups is 1. The van der Waals surface area contributed by atoms with Crippen LogP contribution in [0.25, 0.3) is 0 Å². The summed E-state index contributed by atoms with van der Waals surface area (Å²) in [5.41, 5.74) is 5.52. The summed E-state index contributed by atoms with van der Waals surface area (Å²) in [6.45, 7) is 1.76. The Balaban J connectivity index is 2.48. The molecule has 1 amide bonds. The van der Waals surface area contributed by atoms with E-state index in [1.807, 2.05) is 0 Å². The lowest BCUT2D eigenvalue weighted by Crippen LogP contribution is -2.44. The molecule has 5 heteroatoms. The van der Waals surface area contributed by atoms with Gasteiger partial charge in [-0.05, 0) is 25.7 Å². The molecule has 1 rings (SSSR count). The minimum absolute atomic E-state index is 0.0757. The summed E-state index contributed by atoms with van der Waals surface area (Å²) in [6.07, 6.45) is 7.94. The van der Waals surface area contributed by atoms with Crippen molar-refractivity contribution in [3.8, 4) is 0 Å². The quantitative estimate of drug-likeness (QED) is 0.265. The molecule has 0 spiro atoms. The first-order chi connectivity index (χ1) is 8.56. The Morgan fingerprint density at radius 3 is 2.44 bits per heavy atom. The molecule has 3 N–H and O–H groups in total. The molecule has 0 aliphatic heterocycles. The summed E-state index contributed by atoms with van der Waals surface area (Å²) >= 11 is 0. The summed E-state index contributed by atoms with van der Waals surface area (Å²) in [5, 5.41) is 11.6. The zero-order chi connectivity index (χ0) is 13.5. The first kappa shape index (κ1) is 14.8. The number of likely N-dealkylation sites (N-methyl/N-ethyl adjacent to an activating group) is 1. The minimum atomic E-state index is -0.353. The van der Waals surface area contributed by atoms with Gasteiger partial charge in [0.15, 0.2) is 5.84 Å². The van der Waals surface area contributed by atoms with E-state index in [4.69, 9.17) is 10.9 Å². The zero-order valence-corrected chi connectivity index (χ0v) is 11.4. The molecule has 0 aromatic heterocycles. The lowest BCUT2D eigenvalue weighted by atomic mass is 9.96. The van der Waals surface area contributed by atoms with Crippen LogP contribution in [0.1, 0.15) is 51.9 Å². The Labute approximate surface area is 109 Å². The molecular formula is C13H25N3O2. The monoisotopic (exact) mass is 255 g/mol. The number of carbonyl (C=O) groups is 1. The third kappa shape index (κ3) is 4.20. The maximum atomic E-state index is 12.1. The molecule has 0 saturated heterocycles. The lowest BCUT2D eigenvalue weighted by Gasteiger charge is -2.25. The molecule has 0 heterocycles. The molecule has 104 valence electrons. The van der Waals surface area contributed by atoms with E-state index in [9.17, 15) is 4.79 Å². The Kier molecular flexibility index (Phi) is 5.95. The van der Waals surface area contributed by atoms with Crippen molar-refractivity contribution in [3.05, 3.63) is 0 Å². The topological polar surface area (TPSA) is 78.9 Å². The molecule has 1 aliphatic rings. The van der Waals surface area contributed by atoms with E-state index in [-0.39, 0.29) is 17.8 Å². The standard InChI is InChI=1S/C13H25N3O2/c1-10(13(14)15-18)16(2)12(17)9-11-7-5-3-4-6-8-11/h10-11,18H,3-9H2,1-2H3,(H2,14,15). The lowest BCUT2D eigenvalue weighted by molar-refractivity contribution is -0.131. The molecule has 18 heavy (non-hydrogen) atoms. The number of nitrogens with two attached hydrogens (primary N) is 1. The van der Waals surface area contributed by atoms with Crippen molar-refractivity contribution in [1.29, 1.82) is 0 Å². The maximum absolute atomic E-state index is 12.1. The van der Waals surface area contributed by atoms with Crippen molar-refractivity contribution in [2.45, 2.75) is 57.9 Å². The highest BCUT2D eigenvalue weighted by Gasteiger charge is 2.23. The predicted molar refractivity (Wildman–Crippen MR) is 71.4 cm³/mol. The Morgan fingerprint density at radius 2 is 1.94 bits per heavy atom. The molecule has 1 atom stereocenters. The fourth-order valence-corrected chi connectivity index (χ4v) is 2.46. The highest BCUT2D eigenvalue weighted by Crippen LogP contribution is 2.26. The zero-order valence-electron chi connectivity index (χ0n) is 11.4. The Bertz CT molecular complexity index is 297. The second-order valence-corrected chi connectivity index (χ2v) is 5.27. The highest BCUT2D eigenvalue weighted by molar-refractivity contribution is 5.89. The van der Waals surface area contributed by atoms with Gasteiger partial charge in [-0.15, -0.1) is 0 Å². The van der Waals surface area contributed by atoms with E-state index in [1.54, 1.807) is 18.9 Å². The van der Waals surface area contributed by atoms with E-state index in [0.717, 1.165) is 12.8 Å². The van der Waals surface area contributed by atoms with E-state index in [2.05, 4.69) is 5.16 Å². The molecule has 1 aliphatic carbocycles. The smallest absolute Gasteiger partial charge is 0.223 e. The summed E-state index contributed by atoms with van der Waals surface area (Å²) in [4.78, 5) is 13.7. The van der Waals surface area contributed by atoms with Crippen LogP contribution in [0.5, 0.6) is 0 Å². The third-order valence-corrected chi connectivity index (χ3v) is 3.96. The van der Waals surface area contributed by atoms with Crippen LogP contribution in [0, 0.1) is 5.92 Å². The molecule has 5 nitrogen and oxygen atoms in total. The highest BCUT2D eigenvalue weighted by atomic mass is 16.4. The number of rotatable bonds is 4. The summed E-state index contributed by atoms with van der Waals surface area (Å²) in [7, 11) is 1.71. The van der Waals surface area contributed by atoms with Gasteiger partial charge in [-0.3, -0.25) is 4.79 Å². The van der Waals surface area contributed by atoms with Crippen LogP contribution in [-0.4, -0.2) is 34.9 Å². The number of amides is 1. The molecule has 1 unspecified atom stereocenters. The van der Waals surface area contributed by atoms with Crippen LogP contribution in [0.2, 0.25) is 0 Å². The minimum Gasteiger partial charge on any atom is -0.409 e. The van der Waals surface area contributed by atoms with Gasteiger partial charge >= 0.3 is 0 Å². The average molecular weight is 255 g/mol. The van der Waals surface area contributed by atoms with Crippen molar-refractivity contribution < 1.29 is 10.0 Å². The Morgan fingerprint density at radius 1 is 1.39 bits per heavy atom. The fraction of sp³-hybridized carbons (Fsp3) is 0.846. The van der Waals surface area contributed by atoms with E-state index >= 15 is 0 Å². The predicted octanol–water partition coefficient (Wildman–Crippen LogP) is 1.94. The van der Waals surface area contributed by atoms with Gasteiger partial charge in [0.05, 0.1) is 6.04 Å². The third-order valence-electron chi connectivity index (χ3n) is 3.96. The number of oxime groups is 1. The molecule has 0 aromatic carbocycles. The molecule has 0 aromatic rings. The van der Waals surface area contributed by atoms with Gasteiger partial charge in [0, 0.05) is 13.5 Å². The van der Waals surface area contributed by atoms with Gasteiger partial charge in [0.25, 0.3) is 0 Å². The summed E-state index contributed by atoms with van der Waals surface area (Å²) in [6, 6.07) is -0.353. The van der Waals surface area contributed by atoms with Crippen LogP contribution < -0.4 is 5.73 Å². The maximum Gasteiger partial charge on any atom is 0.223 e. The van der Waals surface area contributed by atoms with Crippen molar-refractivity contribution in [2.24, 2.45) is 16.8 Å². The van der Waals surface area contributed by atoms with Crippen LogP contribution >= 0.6 is 0 Å². The van der Waals surface area contributed by atoms with Gasteiger partial charge in [0.2, 0.25) is 5.91 Å². The number of carbonyl (C=O) groups excluding carboxylic acids is 1. The summed E-state index contributed by atoms with van der Waals surface area (Å²) < 4.78 is 0. The van der Waals surface area contributed by atoms with E-state index in [1.165, 1.54) is 25.7 Å².